The minimum atomic E-state index is -4.37. The molecule has 0 N–H and O–H groups in total. The van der Waals surface area contributed by atoms with E-state index in [0.29, 0.717) is 0 Å². The van der Waals surface area contributed by atoms with Gasteiger partial charge in [-0.05, 0) is 55.1 Å². The van der Waals surface area contributed by atoms with E-state index in [0.717, 1.165) is 30.2 Å². The quantitative estimate of drug-likeness (QED) is 0.773. The van der Waals surface area contributed by atoms with E-state index in [1.807, 2.05) is 12.1 Å². The first-order valence-corrected chi connectivity index (χ1v) is 10.0. The third kappa shape index (κ3) is 3.54. The van der Waals surface area contributed by atoms with Gasteiger partial charge in [-0.25, -0.2) is 8.42 Å². The summed E-state index contributed by atoms with van der Waals surface area (Å²) in [5.74, 6) is 1.93. The predicted octanol–water partition coefficient (Wildman–Crippen LogP) is 4.44. The summed E-state index contributed by atoms with van der Waals surface area (Å²) in [5.41, 5.74) is 0.750. The maximum Gasteiger partial charge on any atom is 0.124 e. The summed E-state index contributed by atoms with van der Waals surface area (Å²) < 4.78 is 34.4. The second kappa shape index (κ2) is 6.71. The largest absolute Gasteiger partial charge is 0.744 e. The van der Waals surface area contributed by atoms with Crippen LogP contribution in [0.4, 0.5) is 0 Å². The van der Waals surface area contributed by atoms with Crippen molar-refractivity contribution in [3.05, 3.63) is 29.8 Å². The van der Waals surface area contributed by atoms with Gasteiger partial charge in [-0.2, -0.15) is 0 Å². The average molecular weight is 321 g/mol. The van der Waals surface area contributed by atoms with Crippen LogP contribution in [-0.4, -0.2) is 13.0 Å². The van der Waals surface area contributed by atoms with Crippen LogP contribution in [0.1, 0.15) is 69.3 Å². The van der Waals surface area contributed by atoms with Gasteiger partial charge >= 0.3 is 0 Å². The molecule has 0 bridgehead atoms. The molecule has 2 saturated carbocycles. The van der Waals surface area contributed by atoms with Crippen LogP contribution >= 0.6 is 0 Å². The van der Waals surface area contributed by atoms with Gasteiger partial charge in [0.05, 0.1) is 4.90 Å². The third-order valence-electron chi connectivity index (χ3n) is 5.72. The number of hydrogen-bond acceptors (Lipinski definition) is 3. The zero-order chi connectivity index (χ0) is 15.6. The second-order valence-corrected chi connectivity index (χ2v) is 8.35. The van der Waals surface area contributed by atoms with Crippen molar-refractivity contribution >= 4 is 10.1 Å². The van der Waals surface area contributed by atoms with Crippen molar-refractivity contribution in [3.63, 3.8) is 0 Å². The smallest absolute Gasteiger partial charge is 0.124 e. The molecule has 2 aliphatic rings. The summed E-state index contributed by atoms with van der Waals surface area (Å²) in [7, 11) is -4.37. The predicted molar refractivity (Wildman–Crippen MR) is 85.7 cm³/mol. The topological polar surface area (TPSA) is 57.2 Å². The van der Waals surface area contributed by atoms with Gasteiger partial charge in [0.2, 0.25) is 0 Å². The molecule has 0 aliphatic heterocycles. The van der Waals surface area contributed by atoms with Crippen molar-refractivity contribution in [3.8, 4) is 0 Å². The summed E-state index contributed by atoms with van der Waals surface area (Å²) in [6, 6.07) is 6.78. The lowest BCUT2D eigenvalue weighted by atomic mass is 9.70. The van der Waals surface area contributed by atoms with Gasteiger partial charge in [0, 0.05) is 0 Å². The van der Waals surface area contributed by atoms with Crippen molar-refractivity contribution in [2.75, 3.05) is 0 Å². The Kier molecular flexibility index (Phi) is 4.88. The second-order valence-electron chi connectivity index (χ2n) is 7.00. The third-order valence-corrected chi connectivity index (χ3v) is 6.63. The first-order chi connectivity index (χ1) is 10.6. The van der Waals surface area contributed by atoms with Crippen molar-refractivity contribution in [1.82, 2.24) is 0 Å². The molecule has 3 rings (SSSR count). The molecular weight excluding hydrogens is 296 g/mol. The Morgan fingerprint density at radius 2 is 1.41 bits per heavy atom. The Morgan fingerprint density at radius 3 is 2.05 bits per heavy atom. The molecule has 0 spiro atoms. The molecule has 3 nitrogen and oxygen atoms in total. The molecule has 4 heteroatoms. The van der Waals surface area contributed by atoms with Gasteiger partial charge in [0.15, 0.2) is 0 Å². The van der Waals surface area contributed by atoms with Gasteiger partial charge in [-0.1, -0.05) is 50.3 Å². The molecule has 0 radical (unpaired) electrons. The molecule has 0 atom stereocenters. The van der Waals surface area contributed by atoms with E-state index < -0.39 is 10.1 Å². The molecule has 2 aliphatic carbocycles. The lowest BCUT2D eigenvalue weighted by molar-refractivity contribution is 0.185. The summed E-state index contributed by atoms with van der Waals surface area (Å²) in [6.07, 6.45) is 11.3. The fourth-order valence-electron chi connectivity index (χ4n) is 4.55. The monoisotopic (exact) mass is 321 g/mol. The molecule has 1 aromatic rings. The van der Waals surface area contributed by atoms with Crippen molar-refractivity contribution in [1.29, 1.82) is 0 Å². The molecule has 0 aromatic heterocycles. The molecule has 122 valence electrons. The normalized spacial score (nSPS) is 27.7. The molecule has 2 fully saturated rings. The highest BCUT2D eigenvalue weighted by Crippen LogP contribution is 2.43. The first-order valence-electron chi connectivity index (χ1n) is 8.60. The van der Waals surface area contributed by atoms with Crippen LogP contribution in [0, 0.1) is 11.8 Å². The van der Waals surface area contributed by atoms with Crippen LogP contribution in [-0.2, 0) is 10.1 Å². The van der Waals surface area contributed by atoms with Crippen molar-refractivity contribution in [2.45, 2.75) is 68.6 Å². The van der Waals surface area contributed by atoms with E-state index in [4.69, 9.17) is 0 Å². The van der Waals surface area contributed by atoms with Crippen LogP contribution in [0.15, 0.2) is 29.2 Å². The Labute approximate surface area is 133 Å². The zero-order valence-electron chi connectivity index (χ0n) is 13.0. The van der Waals surface area contributed by atoms with Crippen LogP contribution in [0.3, 0.4) is 0 Å². The lowest BCUT2D eigenvalue weighted by Gasteiger charge is -2.36. The number of hydrogen-bond donors (Lipinski definition) is 0. The Bertz CT molecular complexity index is 595. The fraction of sp³-hybridized carbons (Fsp3) is 0.667. The highest BCUT2D eigenvalue weighted by molar-refractivity contribution is 7.85. The molecular formula is C18H25O3S-. The minimum Gasteiger partial charge on any atom is -0.744 e. The van der Waals surface area contributed by atoms with E-state index >= 15 is 0 Å². The molecule has 0 heterocycles. The van der Waals surface area contributed by atoms with Gasteiger partial charge in [-0.3, -0.25) is 0 Å². The molecule has 22 heavy (non-hydrogen) atoms. The summed E-state index contributed by atoms with van der Waals surface area (Å²) in [5, 5.41) is 0. The van der Waals surface area contributed by atoms with Gasteiger partial charge < -0.3 is 4.55 Å². The van der Waals surface area contributed by atoms with E-state index in [1.165, 1.54) is 51.0 Å². The molecule has 0 saturated heterocycles. The molecule has 0 unspecified atom stereocenters. The standard InChI is InChI=1S/C18H26O3S/c19-22(20,21)18-9-5-4-8-17(18)16-12-10-15(11-13-16)14-6-2-1-3-7-14/h4-5,8-9,14-16H,1-3,6-7,10-13H2,(H,19,20,21)/p-1. The minimum absolute atomic E-state index is 0.00360. The van der Waals surface area contributed by atoms with E-state index in [-0.39, 0.29) is 10.8 Å². The fourth-order valence-corrected chi connectivity index (χ4v) is 5.32. The van der Waals surface area contributed by atoms with Gasteiger partial charge in [-0.15, -0.1) is 0 Å². The van der Waals surface area contributed by atoms with Gasteiger partial charge in [0.1, 0.15) is 10.1 Å². The average Bonchev–Trinajstić information content (AvgIpc) is 2.55. The van der Waals surface area contributed by atoms with Gasteiger partial charge in [0.25, 0.3) is 0 Å². The van der Waals surface area contributed by atoms with E-state index in [9.17, 15) is 13.0 Å². The maximum absolute atomic E-state index is 11.5. The summed E-state index contributed by atoms with van der Waals surface area (Å²) in [6.45, 7) is 0. The SMILES string of the molecule is O=S(=O)([O-])c1ccccc1C1CCC(C2CCCCC2)CC1. The van der Waals surface area contributed by atoms with Crippen molar-refractivity contribution < 1.29 is 13.0 Å². The van der Waals surface area contributed by atoms with Crippen LogP contribution in [0.25, 0.3) is 0 Å². The van der Waals surface area contributed by atoms with E-state index in [1.54, 1.807) is 6.07 Å². The highest BCUT2D eigenvalue weighted by Gasteiger charge is 2.30. The number of rotatable bonds is 3. The van der Waals surface area contributed by atoms with Crippen LogP contribution in [0.2, 0.25) is 0 Å². The Morgan fingerprint density at radius 1 is 0.818 bits per heavy atom. The van der Waals surface area contributed by atoms with E-state index in [2.05, 4.69) is 0 Å². The summed E-state index contributed by atoms with van der Waals surface area (Å²) >= 11 is 0. The van der Waals surface area contributed by atoms with Crippen LogP contribution < -0.4 is 0 Å². The first kappa shape index (κ1) is 16.0. The highest BCUT2D eigenvalue weighted by atomic mass is 32.2. The summed E-state index contributed by atoms with van der Waals surface area (Å²) in [4.78, 5) is -0.00360. The molecule has 1 aromatic carbocycles. The van der Waals surface area contributed by atoms with Crippen LogP contribution in [0.5, 0.6) is 0 Å². The zero-order valence-corrected chi connectivity index (χ0v) is 13.9. The Hall–Kier alpha value is -0.870. The number of benzene rings is 1. The van der Waals surface area contributed by atoms with Crippen molar-refractivity contribution in [2.24, 2.45) is 11.8 Å². The lowest BCUT2D eigenvalue weighted by Crippen LogP contribution is -2.23. The Balaban J connectivity index is 1.69. The molecule has 0 amide bonds. The maximum atomic E-state index is 11.5.